The highest BCUT2D eigenvalue weighted by atomic mass is 16.7. The third kappa shape index (κ3) is 4.28. The summed E-state index contributed by atoms with van der Waals surface area (Å²) in [5.74, 6) is 0. The van der Waals surface area contributed by atoms with E-state index in [1.54, 1.807) is 20.8 Å². The Labute approximate surface area is 164 Å². The Balaban J connectivity index is 2.13. The van der Waals surface area contributed by atoms with Crippen molar-refractivity contribution in [3.8, 4) is 0 Å². The molecule has 1 saturated heterocycles. The Morgan fingerprint density at radius 2 is 1.64 bits per heavy atom. The van der Waals surface area contributed by atoms with Crippen LogP contribution in [0.5, 0.6) is 0 Å². The van der Waals surface area contributed by atoms with E-state index in [2.05, 4.69) is 0 Å². The highest BCUT2D eigenvalue weighted by molar-refractivity contribution is 5.21. The van der Waals surface area contributed by atoms with Crippen LogP contribution < -0.4 is 0 Å². The largest absolute Gasteiger partial charge is 0.394 e. The highest BCUT2D eigenvalue weighted by Gasteiger charge is 2.58. The van der Waals surface area contributed by atoms with Crippen LogP contribution in [0.2, 0.25) is 0 Å². The van der Waals surface area contributed by atoms with E-state index < -0.39 is 66.1 Å². The summed E-state index contributed by atoms with van der Waals surface area (Å²) in [5.41, 5.74) is -4.05. The van der Waals surface area contributed by atoms with Crippen LogP contribution in [0, 0.1) is 5.41 Å². The fourth-order valence-electron chi connectivity index (χ4n) is 4.28. The Morgan fingerprint density at radius 3 is 2.18 bits per heavy atom. The first-order chi connectivity index (χ1) is 12.8. The minimum absolute atomic E-state index is 0.0131. The van der Waals surface area contributed by atoms with Crippen molar-refractivity contribution in [2.24, 2.45) is 5.41 Å². The lowest BCUT2D eigenvalue weighted by Crippen LogP contribution is -2.65. The second-order valence-corrected chi connectivity index (χ2v) is 8.88. The molecule has 1 aliphatic carbocycles. The van der Waals surface area contributed by atoms with E-state index in [9.17, 15) is 35.7 Å². The van der Waals surface area contributed by atoms with Gasteiger partial charge in [0.15, 0.2) is 6.29 Å². The summed E-state index contributed by atoms with van der Waals surface area (Å²) in [6.45, 7) is 6.01. The number of rotatable bonds is 5. The van der Waals surface area contributed by atoms with E-state index in [0.717, 1.165) is 0 Å². The molecule has 0 amide bonds. The van der Waals surface area contributed by atoms with E-state index in [-0.39, 0.29) is 6.42 Å². The lowest BCUT2D eigenvalue weighted by Gasteiger charge is -2.55. The molecule has 1 heterocycles. The summed E-state index contributed by atoms with van der Waals surface area (Å²) in [7, 11) is 0. The standard InChI is InChI=1S/C19H34O9/c1-10(27-16-15(24)14(23)13(22)12(9-20)28-16)5-6-19(26)17(2,3)7-11(21)8-18(19,4)25/h5-6,10-16,20-26H,7-9H2,1-4H3/b6-5+/t10-,11+,12+,13+,14-,15+,16+,18+,19+/m0/s1. The summed E-state index contributed by atoms with van der Waals surface area (Å²) < 4.78 is 10.9. The number of hydrogen-bond donors (Lipinski definition) is 7. The molecular weight excluding hydrogens is 372 g/mol. The van der Waals surface area contributed by atoms with Gasteiger partial charge in [0.05, 0.1) is 24.4 Å². The second-order valence-electron chi connectivity index (χ2n) is 8.88. The van der Waals surface area contributed by atoms with Gasteiger partial charge in [0.1, 0.15) is 30.0 Å². The molecule has 0 bridgehead atoms. The zero-order valence-electron chi connectivity index (χ0n) is 16.8. The highest BCUT2D eigenvalue weighted by Crippen LogP contribution is 2.50. The first-order valence-electron chi connectivity index (χ1n) is 9.54. The molecule has 2 rings (SSSR count). The van der Waals surface area contributed by atoms with Crippen molar-refractivity contribution in [2.45, 2.75) is 94.7 Å². The summed E-state index contributed by atoms with van der Waals surface area (Å²) in [4.78, 5) is 0. The Morgan fingerprint density at radius 1 is 1.04 bits per heavy atom. The van der Waals surface area contributed by atoms with Gasteiger partial charge in [0.2, 0.25) is 0 Å². The van der Waals surface area contributed by atoms with Crippen molar-refractivity contribution in [1.82, 2.24) is 0 Å². The Kier molecular flexibility index (Phi) is 6.97. The third-order valence-electron chi connectivity index (χ3n) is 6.04. The van der Waals surface area contributed by atoms with Gasteiger partial charge in [-0.1, -0.05) is 26.0 Å². The Bertz CT molecular complexity index is 542. The smallest absolute Gasteiger partial charge is 0.187 e. The molecule has 0 aromatic rings. The molecule has 9 nitrogen and oxygen atoms in total. The van der Waals surface area contributed by atoms with Gasteiger partial charge in [-0.25, -0.2) is 0 Å². The number of ether oxygens (including phenoxy) is 2. The van der Waals surface area contributed by atoms with Crippen molar-refractivity contribution in [3.63, 3.8) is 0 Å². The molecule has 2 aliphatic rings. The van der Waals surface area contributed by atoms with Crippen molar-refractivity contribution >= 4 is 0 Å². The van der Waals surface area contributed by atoms with E-state index in [1.165, 1.54) is 19.1 Å². The average molecular weight is 406 g/mol. The number of hydrogen-bond acceptors (Lipinski definition) is 9. The fourth-order valence-corrected chi connectivity index (χ4v) is 4.28. The lowest BCUT2D eigenvalue weighted by molar-refractivity contribution is -0.306. The summed E-state index contributed by atoms with van der Waals surface area (Å²) in [6.07, 6.45) is -5.14. The lowest BCUT2D eigenvalue weighted by atomic mass is 9.57. The van der Waals surface area contributed by atoms with Crippen LogP contribution in [-0.2, 0) is 9.47 Å². The first-order valence-corrected chi connectivity index (χ1v) is 9.54. The van der Waals surface area contributed by atoms with Gasteiger partial charge in [-0.3, -0.25) is 0 Å². The zero-order valence-corrected chi connectivity index (χ0v) is 16.8. The molecule has 28 heavy (non-hydrogen) atoms. The monoisotopic (exact) mass is 406 g/mol. The molecule has 0 aromatic carbocycles. The summed E-state index contributed by atoms with van der Waals surface area (Å²) in [5, 5.41) is 70.9. The van der Waals surface area contributed by atoms with E-state index in [0.29, 0.717) is 6.42 Å². The fraction of sp³-hybridized carbons (Fsp3) is 0.895. The van der Waals surface area contributed by atoms with Gasteiger partial charge in [-0.2, -0.15) is 0 Å². The third-order valence-corrected chi connectivity index (χ3v) is 6.04. The van der Waals surface area contributed by atoms with Crippen molar-refractivity contribution in [3.05, 3.63) is 12.2 Å². The molecular formula is C19H34O9. The Hall–Kier alpha value is -0.620. The maximum absolute atomic E-state index is 11.2. The quantitative estimate of drug-likeness (QED) is 0.267. The second kappa shape index (κ2) is 8.25. The van der Waals surface area contributed by atoms with Gasteiger partial charge in [-0.05, 0) is 20.3 Å². The molecule has 0 radical (unpaired) electrons. The number of aliphatic hydroxyl groups is 7. The minimum Gasteiger partial charge on any atom is -0.394 e. The molecule has 9 atom stereocenters. The van der Waals surface area contributed by atoms with Crippen LogP contribution in [0.1, 0.15) is 40.5 Å². The summed E-state index contributed by atoms with van der Waals surface area (Å²) >= 11 is 0. The normalized spacial score (nSPS) is 48.0. The number of aliphatic hydroxyl groups excluding tert-OH is 5. The first kappa shape index (κ1) is 23.7. The average Bonchev–Trinajstić information content (AvgIpc) is 2.57. The maximum atomic E-state index is 11.2. The van der Waals surface area contributed by atoms with Gasteiger partial charge >= 0.3 is 0 Å². The molecule has 0 unspecified atom stereocenters. The SMILES string of the molecule is C[C@@H](/C=C/[C@@]1(O)C(C)(C)C[C@@H](O)C[C@@]1(C)O)O[C@@H]1O[C@H](CO)[C@@H](O)[C@H](O)[C@H]1O. The van der Waals surface area contributed by atoms with Gasteiger partial charge in [-0.15, -0.1) is 0 Å². The maximum Gasteiger partial charge on any atom is 0.187 e. The molecule has 1 saturated carbocycles. The molecule has 9 heteroatoms. The van der Waals surface area contributed by atoms with E-state index >= 15 is 0 Å². The molecule has 164 valence electrons. The molecule has 7 N–H and O–H groups in total. The van der Waals surface area contributed by atoms with Gasteiger partial charge in [0.25, 0.3) is 0 Å². The zero-order chi connectivity index (χ0) is 21.5. The molecule has 0 aromatic heterocycles. The van der Waals surface area contributed by atoms with Crippen LogP contribution in [0.15, 0.2) is 12.2 Å². The van der Waals surface area contributed by atoms with Gasteiger partial charge < -0.3 is 45.2 Å². The molecule has 2 fully saturated rings. The van der Waals surface area contributed by atoms with E-state index in [1.807, 2.05) is 0 Å². The van der Waals surface area contributed by atoms with Gasteiger partial charge in [0, 0.05) is 11.8 Å². The van der Waals surface area contributed by atoms with Crippen LogP contribution >= 0.6 is 0 Å². The van der Waals surface area contributed by atoms with Crippen molar-refractivity contribution in [1.29, 1.82) is 0 Å². The molecule has 1 aliphatic heterocycles. The van der Waals surface area contributed by atoms with Crippen LogP contribution in [0.25, 0.3) is 0 Å². The van der Waals surface area contributed by atoms with Crippen LogP contribution in [0.4, 0.5) is 0 Å². The minimum atomic E-state index is -1.65. The van der Waals surface area contributed by atoms with Crippen molar-refractivity contribution < 1.29 is 45.2 Å². The topological polar surface area (TPSA) is 160 Å². The van der Waals surface area contributed by atoms with E-state index in [4.69, 9.17) is 9.47 Å². The summed E-state index contributed by atoms with van der Waals surface area (Å²) in [6, 6.07) is 0. The predicted octanol–water partition coefficient (Wildman–Crippen LogP) is -1.59. The molecule has 0 spiro atoms. The van der Waals surface area contributed by atoms with Crippen LogP contribution in [0.3, 0.4) is 0 Å². The predicted molar refractivity (Wildman–Crippen MR) is 98.0 cm³/mol. The van der Waals surface area contributed by atoms with Crippen LogP contribution in [-0.4, -0.2) is 96.5 Å². The van der Waals surface area contributed by atoms with Crippen molar-refractivity contribution in [2.75, 3.05) is 6.61 Å².